The number of fused-ring (bicyclic) bond motifs is 2. The van der Waals surface area contributed by atoms with Crippen LogP contribution in [-0.4, -0.2) is 107 Å². The minimum Gasteiger partial charge on any atom is -0.497 e. The molecule has 3 atom stereocenters. The van der Waals surface area contributed by atoms with Crippen molar-refractivity contribution >= 4 is 27.6 Å². The first-order chi connectivity index (χ1) is 17.4. The van der Waals surface area contributed by atoms with E-state index in [-0.39, 0.29) is 18.2 Å². The van der Waals surface area contributed by atoms with Crippen LogP contribution in [0.15, 0.2) is 59.1 Å². The second-order valence-electron chi connectivity index (χ2n) is 9.46. The van der Waals surface area contributed by atoms with Crippen molar-refractivity contribution < 1.29 is 19.0 Å². The van der Waals surface area contributed by atoms with Gasteiger partial charge in [-0.1, -0.05) is 34.1 Å². The molecule has 2 aromatic rings. The molecule has 198 valence electrons. The standard InChI is InChI=1S/C18H25N3O4.C6H5Br.C3H9N/c1-23-15-4-2-13(3-5-15)19-18(22)21-10-14-6-7-20(14)11-16-17(12-21)25-9-8-24-16;7-6-4-2-1-3-5-6;1-4(2)3/h2-5,14,16-17H,6-12H2,1H3,(H,19,22);1-5H;1-3H3/t14-,16?,17?;;/m1../s1. The van der Waals surface area contributed by atoms with Crippen LogP contribution in [-0.2, 0) is 9.47 Å². The first-order valence-corrected chi connectivity index (χ1v) is 13.1. The molecule has 0 aromatic heterocycles. The number of amides is 2. The van der Waals surface area contributed by atoms with Crippen LogP contribution in [0.3, 0.4) is 0 Å². The van der Waals surface area contributed by atoms with E-state index in [0.29, 0.717) is 25.8 Å². The van der Waals surface area contributed by atoms with Gasteiger partial charge in [-0.2, -0.15) is 0 Å². The fourth-order valence-corrected chi connectivity index (χ4v) is 4.44. The lowest BCUT2D eigenvalue weighted by Crippen LogP contribution is -2.63. The fourth-order valence-electron chi connectivity index (χ4n) is 4.13. The Labute approximate surface area is 223 Å². The predicted molar refractivity (Wildman–Crippen MR) is 147 cm³/mol. The molecule has 9 heteroatoms. The van der Waals surface area contributed by atoms with Gasteiger partial charge in [0.05, 0.1) is 33.0 Å². The SMILES string of the molecule is Brc1ccccc1.CN(C)C.COc1ccc(NC(=O)N2CC3OCCOC3CN3CC[C@@H]3C2)cc1. The van der Waals surface area contributed by atoms with E-state index in [1.807, 2.05) is 85.5 Å². The van der Waals surface area contributed by atoms with Gasteiger partial charge in [0.25, 0.3) is 0 Å². The summed E-state index contributed by atoms with van der Waals surface area (Å²) in [4.78, 5) is 19.1. The molecule has 0 saturated carbocycles. The lowest BCUT2D eigenvalue weighted by Gasteiger charge is -2.49. The summed E-state index contributed by atoms with van der Waals surface area (Å²) in [7, 11) is 7.63. The molecule has 0 bridgehead atoms. The molecule has 1 N–H and O–H groups in total. The van der Waals surface area contributed by atoms with Gasteiger partial charge in [-0.05, 0) is 64.0 Å². The summed E-state index contributed by atoms with van der Waals surface area (Å²) in [6.45, 7) is 4.51. The molecule has 0 radical (unpaired) electrons. The fraction of sp³-hybridized carbons (Fsp3) is 0.519. The summed E-state index contributed by atoms with van der Waals surface area (Å²) >= 11 is 3.31. The first-order valence-electron chi connectivity index (χ1n) is 12.3. The molecule has 2 aromatic carbocycles. The number of benzene rings is 2. The van der Waals surface area contributed by atoms with Gasteiger partial charge in [-0.25, -0.2) is 4.79 Å². The molecule has 8 nitrogen and oxygen atoms in total. The normalized spacial score (nSPS) is 23.2. The monoisotopic (exact) mass is 562 g/mol. The third kappa shape index (κ3) is 9.05. The molecule has 3 fully saturated rings. The van der Waals surface area contributed by atoms with Crippen LogP contribution in [0.2, 0.25) is 0 Å². The van der Waals surface area contributed by atoms with E-state index in [0.717, 1.165) is 42.0 Å². The number of nitrogens with zero attached hydrogens (tertiary/aromatic N) is 3. The van der Waals surface area contributed by atoms with Crippen molar-refractivity contribution in [1.82, 2.24) is 14.7 Å². The van der Waals surface area contributed by atoms with Crippen LogP contribution < -0.4 is 10.1 Å². The molecule has 0 spiro atoms. The van der Waals surface area contributed by atoms with Gasteiger partial charge in [0.2, 0.25) is 0 Å². The molecule has 2 unspecified atom stereocenters. The number of methoxy groups -OCH3 is 1. The number of halogens is 1. The number of ether oxygens (including phenoxy) is 3. The summed E-state index contributed by atoms with van der Waals surface area (Å²) in [6, 6.07) is 17.7. The van der Waals surface area contributed by atoms with E-state index < -0.39 is 0 Å². The van der Waals surface area contributed by atoms with Crippen molar-refractivity contribution in [3.8, 4) is 5.75 Å². The number of nitrogens with one attached hydrogen (secondary N) is 1. The maximum atomic E-state index is 12.8. The Balaban J connectivity index is 0.000000274. The third-order valence-corrected chi connectivity index (χ3v) is 6.56. The molecule has 3 heterocycles. The zero-order valence-electron chi connectivity index (χ0n) is 21.7. The molecule has 3 aliphatic rings. The highest BCUT2D eigenvalue weighted by Crippen LogP contribution is 2.26. The maximum Gasteiger partial charge on any atom is 0.321 e. The number of urea groups is 1. The van der Waals surface area contributed by atoms with Crippen molar-refractivity contribution in [1.29, 1.82) is 0 Å². The lowest BCUT2D eigenvalue weighted by molar-refractivity contribution is -0.167. The second kappa shape index (κ2) is 14.5. The van der Waals surface area contributed by atoms with E-state index in [2.05, 4.69) is 26.1 Å². The highest BCUT2D eigenvalue weighted by Gasteiger charge is 2.40. The summed E-state index contributed by atoms with van der Waals surface area (Å²) in [5.74, 6) is 0.768. The summed E-state index contributed by atoms with van der Waals surface area (Å²) in [5, 5.41) is 2.98. The van der Waals surface area contributed by atoms with Crippen molar-refractivity contribution in [3.05, 3.63) is 59.1 Å². The van der Waals surface area contributed by atoms with Crippen LogP contribution >= 0.6 is 15.9 Å². The van der Waals surface area contributed by atoms with E-state index in [9.17, 15) is 4.79 Å². The summed E-state index contributed by atoms with van der Waals surface area (Å²) in [6.07, 6.45) is 1.12. The quantitative estimate of drug-likeness (QED) is 0.596. The van der Waals surface area contributed by atoms with Crippen LogP contribution in [0.5, 0.6) is 5.75 Å². The zero-order chi connectivity index (χ0) is 25.9. The molecule has 0 aliphatic carbocycles. The van der Waals surface area contributed by atoms with Crippen molar-refractivity contribution in [2.45, 2.75) is 24.7 Å². The van der Waals surface area contributed by atoms with Crippen LogP contribution in [0.4, 0.5) is 10.5 Å². The Morgan fingerprint density at radius 1 is 0.972 bits per heavy atom. The largest absolute Gasteiger partial charge is 0.497 e. The van der Waals surface area contributed by atoms with Gasteiger partial charge in [-0.3, -0.25) is 4.90 Å². The Kier molecular flexibility index (Phi) is 11.5. The zero-order valence-corrected chi connectivity index (χ0v) is 23.3. The topological polar surface area (TPSA) is 66.5 Å². The lowest BCUT2D eigenvalue weighted by atomic mass is 9.97. The van der Waals surface area contributed by atoms with E-state index in [1.54, 1.807) is 7.11 Å². The number of carbonyl (C=O) groups is 1. The molecular weight excluding hydrogens is 524 g/mol. The van der Waals surface area contributed by atoms with Gasteiger partial charge in [0, 0.05) is 35.8 Å². The number of anilines is 1. The Morgan fingerprint density at radius 2 is 1.58 bits per heavy atom. The predicted octanol–water partition coefficient (Wildman–Crippen LogP) is 4.03. The van der Waals surface area contributed by atoms with Crippen LogP contribution in [0.25, 0.3) is 0 Å². The van der Waals surface area contributed by atoms with Crippen LogP contribution in [0, 0.1) is 0 Å². The third-order valence-electron chi connectivity index (χ3n) is 6.04. The van der Waals surface area contributed by atoms with E-state index >= 15 is 0 Å². The molecule has 3 aliphatic heterocycles. The minimum atomic E-state index is -0.0909. The van der Waals surface area contributed by atoms with E-state index in [1.165, 1.54) is 0 Å². The molecule has 36 heavy (non-hydrogen) atoms. The Morgan fingerprint density at radius 3 is 2.08 bits per heavy atom. The number of rotatable bonds is 2. The van der Waals surface area contributed by atoms with Gasteiger partial charge < -0.3 is 29.3 Å². The Hall–Kier alpha value is -2.17. The maximum absolute atomic E-state index is 12.8. The number of hydrogen-bond donors (Lipinski definition) is 1. The minimum absolute atomic E-state index is 0.0492. The molecule has 5 rings (SSSR count). The average Bonchev–Trinajstić information content (AvgIpc) is 2.85. The number of hydrogen-bond acceptors (Lipinski definition) is 6. The van der Waals surface area contributed by atoms with Crippen LogP contribution in [0.1, 0.15) is 6.42 Å². The summed E-state index contributed by atoms with van der Waals surface area (Å²) in [5.41, 5.74) is 0.760. The van der Waals surface area contributed by atoms with Gasteiger partial charge in [0.15, 0.2) is 0 Å². The highest BCUT2D eigenvalue weighted by atomic mass is 79.9. The summed E-state index contributed by atoms with van der Waals surface area (Å²) < 4.78 is 18.1. The van der Waals surface area contributed by atoms with Gasteiger partial charge >= 0.3 is 6.03 Å². The molecular formula is C27H39BrN4O4. The number of carbonyl (C=O) groups excluding carboxylic acids is 1. The Bertz CT molecular complexity index is 913. The molecule has 3 saturated heterocycles. The first kappa shape index (κ1) is 28.4. The van der Waals surface area contributed by atoms with Gasteiger partial charge in [-0.15, -0.1) is 0 Å². The highest BCUT2D eigenvalue weighted by molar-refractivity contribution is 9.10. The van der Waals surface area contributed by atoms with Crippen molar-refractivity contribution in [2.24, 2.45) is 0 Å². The second-order valence-corrected chi connectivity index (χ2v) is 10.4. The van der Waals surface area contributed by atoms with Crippen molar-refractivity contribution in [2.75, 3.05) is 73.0 Å². The smallest absolute Gasteiger partial charge is 0.321 e. The van der Waals surface area contributed by atoms with Gasteiger partial charge in [0.1, 0.15) is 11.9 Å². The average molecular weight is 564 g/mol. The van der Waals surface area contributed by atoms with Crippen molar-refractivity contribution in [3.63, 3.8) is 0 Å². The van der Waals surface area contributed by atoms with E-state index in [4.69, 9.17) is 14.2 Å². The molecule has 2 amide bonds.